The molecule has 0 radical (unpaired) electrons. The summed E-state index contributed by atoms with van der Waals surface area (Å²) in [5.74, 6) is -0.410. The first-order chi connectivity index (χ1) is 14.4. The summed E-state index contributed by atoms with van der Waals surface area (Å²) in [6, 6.07) is 8.99. The molecule has 3 heterocycles. The molecule has 0 bridgehead atoms. The summed E-state index contributed by atoms with van der Waals surface area (Å²) >= 11 is 1.12. The number of aliphatic hydroxyl groups excluding tert-OH is 2. The number of aromatic nitrogens is 3. The second kappa shape index (κ2) is 8.50. The molecule has 1 aliphatic heterocycles. The number of H-pyrrole nitrogens is 2. The van der Waals surface area contributed by atoms with Crippen LogP contribution < -0.4 is 11.2 Å². The van der Waals surface area contributed by atoms with E-state index in [-0.39, 0.29) is 13.0 Å². The van der Waals surface area contributed by atoms with Gasteiger partial charge in [0.25, 0.3) is 5.56 Å². The third kappa shape index (κ3) is 4.07. The molecular weight excluding hydrogens is 410 g/mol. The van der Waals surface area contributed by atoms with Crippen LogP contribution in [0.15, 0.2) is 52.3 Å². The average molecular weight is 431 g/mol. The molecule has 4 rings (SSSR count). The number of aromatic amines is 2. The van der Waals surface area contributed by atoms with E-state index >= 15 is 0 Å². The Morgan fingerprint density at radius 2 is 1.97 bits per heavy atom. The second-order valence-electron chi connectivity index (χ2n) is 7.11. The number of fused-ring (bicyclic) bond motifs is 1. The minimum absolute atomic E-state index is 0.0930. The van der Waals surface area contributed by atoms with Gasteiger partial charge in [-0.05, 0) is 18.1 Å². The fraction of sp³-hybridized carbons (Fsp3) is 0.350. The van der Waals surface area contributed by atoms with Crippen molar-refractivity contribution in [3.63, 3.8) is 0 Å². The number of aliphatic hydroxyl groups is 2. The monoisotopic (exact) mass is 431 g/mol. The van der Waals surface area contributed by atoms with Gasteiger partial charge >= 0.3 is 11.7 Å². The predicted octanol–water partition coefficient (Wildman–Crippen LogP) is 0.530. The van der Waals surface area contributed by atoms with Crippen LogP contribution in [0.5, 0.6) is 0 Å². The normalized spacial score (nSPS) is 23.7. The number of benzene rings is 1. The number of nitrogens with zero attached hydrogens (tertiary/aromatic N) is 1. The molecule has 4 atom stereocenters. The van der Waals surface area contributed by atoms with Gasteiger partial charge in [-0.3, -0.25) is 19.1 Å². The molecule has 0 aliphatic carbocycles. The highest BCUT2D eigenvalue weighted by molar-refractivity contribution is 8.00. The van der Waals surface area contributed by atoms with Crippen molar-refractivity contribution in [2.45, 2.75) is 35.7 Å². The van der Waals surface area contributed by atoms with Crippen LogP contribution in [0, 0.1) is 0 Å². The van der Waals surface area contributed by atoms with Gasteiger partial charge in [0, 0.05) is 35.8 Å². The number of esters is 1. The number of aryl methyl sites for hydroxylation is 1. The number of para-hydroxylation sites is 1. The van der Waals surface area contributed by atoms with Crippen LogP contribution in [0.3, 0.4) is 0 Å². The van der Waals surface area contributed by atoms with E-state index in [1.807, 2.05) is 30.5 Å². The first kappa shape index (κ1) is 20.5. The molecule has 0 amide bonds. The first-order valence-corrected chi connectivity index (χ1v) is 10.4. The van der Waals surface area contributed by atoms with Gasteiger partial charge in [0.05, 0.1) is 11.4 Å². The van der Waals surface area contributed by atoms with Gasteiger partial charge in [0.15, 0.2) is 0 Å². The zero-order valence-electron chi connectivity index (χ0n) is 15.9. The van der Waals surface area contributed by atoms with Gasteiger partial charge in [-0.15, -0.1) is 11.8 Å². The Balaban J connectivity index is 1.33. The number of hydrogen-bond donors (Lipinski definition) is 4. The van der Waals surface area contributed by atoms with E-state index in [4.69, 9.17) is 4.74 Å². The van der Waals surface area contributed by atoms with E-state index in [1.54, 1.807) is 0 Å². The van der Waals surface area contributed by atoms with Gasteiger partial charge in [-0.25, -0.2) is 4.79 Å². The summed E-state index contributed by atoms with van der Waals surface area (Å²) in [5.41, 5.74) is 0.798. The highest BCUT2D eigenvalue weighted by Crippen LogP contribution is 2.41. The maximum atomic E-state index is 12.2. The van der Waals surface area contributed by atoms with Crippen LogP contribution in [0.1, 0.15) is 17.4 Å². The standard InChI is InChI=1S/C20H21N3O6S/c24-15-7-8-23(20(28)22-15)19-18(27)17(26)14(30-19)10-29-16(25)6-5-11-9-21-13-4-2-1-3-12(11)13/h1-4,7-9,14,17-19,21,26-27H,5-6,10H2,(H,22,24,28). The second-order valence-corrected chi connectivity index (χ2v) is 8.47. The number of rotatable bonds is 6. The summed E-state index contributed by atoms with van der Waals surface area (Å²) in [5, 5.41) is 20.3. The number of carbonyl (C=O) groups is 1. The Morgan fingerprint density at radius 1 is 1.17 bits per heavy atom. The fourth-order valence-electron chi connectivity index (χ4n) is 3.55. The summed E-state index contributed by atoms with van der Waals surface area (Å²) < 4.78 is 6.45. The van der Waals surface area contributed by atoms with Crippen LogP contribution in [0.2, 0.25) is 0 Å². The van der Waals surface area contributed by atoms with E-state index < -0.39 is 40.1 Å². The molecule has 1 aromatic carbocycles. The van der Waals surface area contributed by atoms with Crippen molar-refractivity contribution in [2.24, 2.45) is 0 Å². The Labute approximate surface area is 174 Å². The Kier molecular flexibility index (Phi) is 5.80. The van der Waals surface area contributed by atoms with Crippen LogP contribution in [0.4, 0.5) is 0 Å². The molecule has 3 aromatic rings. The van der Waals surface area contributed by atoms with E-state index in [2.05, 4.69) is 9.97 Å². The molecule has 9 nitrogen and oxygen atoms in total. The number of ether oxygens (including phenoxy) is 1. The van der Waals surface area contributed by atoms with E-state index in [9.17, 15) is 24.6 Å². The summed E-state index contributed by atoms with van der Waals surface area (Å²) in [4.78, 5) is 40.6. The number of thioether (sulfide) groups is 1. The van der Waals surface area contributed by atoms with Crippen LogP contribution >= 0.6 is 11.8 Å². The average Bonchev–Trinajstić information content (AvgIpc) is 3.27. The zero-order chi connectivity index (χ0) is 21.3. The van der Waals surface area contributed by atoms with Crippen molar-refractivity contribution >= 4 is 28.6 Å². The molecule has 10 heteroatoms. The first-order valence-electron chi connectivity index (χ1n) is 9.48. The zero-order valence-corrected chi connectivity index (χ0v) is 16.7. The van der Waals surface area contributed by atoms with Crippen molar-refractivity contribution in [2.75, 3.05) is 6.61 Å². The van der Waals surface area contributed by atoms with Gasteiger partial charge in [0.1, 0.15) is 18.1 Å². The quantitative estimate of drug-likeness (QED) is 0.418. The minimum Gasteiger partial charge on any atom is -0.464 e. The lowest BCUT2D eigenvalue weighted by molar-refractivity contribution is -0.144. The van der Waals surface area contributed by atoms with Gasteiger partial charge < -0.3 is 19.9 Å². The highest BCUT2D eigenvalue weighted by Gasteiger charge is 2.44. The minimum atomic E-state index is -1.24. The number of hydrogen-bond acceptors (Lipinski definition) is 7. The van der Waals surface area contributed by atoms with Crippen LogP contribution in [-0.4, -0.2) is 54.8 Å². The molecule has 1 fully saturated rings. The smallest absolute Gasteiger partial charge is 0.329 e. The molecule has 2 aromatic heterocycles. The van der Waals surface area contributed by atoms with Crippen molar-refractivity contribution in [1.82, 2.24) is 14.5 Å². The molecule has 158 valence electrons. The van der Waals surface area contributed by atoms with Crippen molar-refractivity contribution < 1.29 is 19.7 Å². The van der Waals surface area contributed by atoms with Crippen molar-refractivity contribution in [3.05, 3.63) is 69.1 Å². The SMILES string of the molecule is O=C(CCc1c[nH]c2ccccc12)OCC1SC(n2ccc(=O)[nH]c2=O)C(O)C1O. The predicted molar refractivity (Wildman–Crippen MR) is 111 cm³/mol. The van der Waals surface area contributed by atoms with Gasteiger partial charge in [-0.2, -0.15) is 0 Å². The maximum absolute atomic E-state index is 12.2. The van der Waals surface area contributed by atoms with Gasteiger partial charge in [-0.1, -0.05) is 18.2 Å². The third-order valence-electron chi connectivity index (χ3n) is 5.14. The van der Waals surface area contributed by atoms with E-state index in [0.29, 0.717) is 6.42 Å². The van der Waals surface area contributed by atoms with E-state index in [1.165, 1.54) is 12.3 Å². The molecule has 1 aliphatic rings. The molecule has 0 spiro atoms. The molecule has 1 saturated heterocycles. The summed E-state index contributed by atoms with van der Waals surface area (Å²) in [7, 11) is 0. The Hall–Kier alpha value is -2.82. The largest absolute Gasteiger partial charge is 0.464 e. The molecule has 4 N–H and O–H groups in total. The Bertz CT molecular complexity index is 1170. The molecule has 30 heavy (non-hydrogen) atoms. The highest BCUT2D eigenvalue weighted by atomic mass is 32.2. The molecule has 4 unspecified atom stereocenters. The van der Waals surface area contributed by atoms with Gasteiger partial charge in [0.2, 0.25) is 0 Å². The maximum Gasteiger partial charge on any atom is 0.329 e. The number of carbonyl (C=O) groups excluding carboxylic acids is 1. The third-order valence-corrected chi connectivity index (χ3v) is 6.69. The van der Waals surface area contributed by atoms with Crippen molar-refractivity contribution in [3.8, 4) is 0 Å². The lowest BCUT2D eigenvalue weighted by Crippen LogP contribution is -2.37. The Morgan fingerprint density at radius 3 is 2.77 bits per heavy atom. The number of nitrogens with one attached hydrogen (secondary N) is 2. The summed E-state index contributed by atoms with van der Waals surface area (Å²) in [6.07, 6.45) is 1.41. The summed E-state index contributed by atoms with van der Waals surface area (Å²) in [6.45, 7) is -0.0930. The van der Waals surface area contributed by atoms with Crippen molar-refractivity contribution in [1.29, 1.82) is 0 Å². The fourth-order valence-corrected chi connectivity index (χ4v) is 4.99. The molecular formula is C20H21N3O6S. The molecule has 0 saturated carbocycles. The lowest BCUT2D eigenvalue weighted by atomic mass is 10.1. The van der Waals surface area contributed by atoms with Crippen LogP contribution in [0.25, 0.3) is 10.9 Å². The van der Waals surface area contributed by atoms with E-state index in [0.717, 1.165) is 32.8 Å². The topological polar surface area (TPSA) is 137 Å². The van der Waals surface area contributed by atoms with Crippen LogP contribution in [-0.2, 0) is 16.0 Å². The lowest BCUT2D eigenvalue weighted by Gasteiger charge is -2.17.